The fraction of sp³-hybridized carbons (Fsp3) is 0.438. The number of aliphatic hydroxyl groups is 1. The molecular formula is C16H18ClN3O4. The monoisotopic (exact) mass is 351 g/mol. The van der Waals surface area contributed by atoms with E-state index >= 15 is 0 Å². The number of halogens is 1. The van der Waals surface area contributed by atoms with E-state index in [4.69, 9.17) is 31.4 Å². The SMILES string of the molecule is CC(C)(C)OC(=O)n1cc(CC#N)c2nc(Cl)c(OCCO)cc21. The largest absolute Gasteiger partial charge is 0.488 e. The molecule has 1 N–H and O–H groups in total. The lowest BCUT2D eigenvalue weighted by molar-refractivity contribution is 0.0544. The molecule has 2 aromatic rings. The molecule has 8 heteroatoms. The molecule has 0 amide bonds. The van der Waals surface area contributed by atoms with Crippen LogP contribution in [0.25, 0.3) is 11.0 Å². The molecule has 0 aliphatic heterocycles. The molecule has 2 aromatic heterocycles. The van der Waals surface area contributed by atoms with Crippen molar-refractivity contribution in [2.24, 2.45) is 0 Å². The van der Waals surface area contributed by atoms with E-state index in [1.54, 1.807) is 26.8 Å². The Morgan fingerprint density at radius 2 is 2.21 bits per heavy atom. The maximum atomic E-state index is 12.4. The fourth-order valence-corrected chi connectivity index (χ4v) is 2.30. The molecule has 128 valence electrons. The minimum atomic E-state index is -0.668. The lowest BCUT2D eigenvalue weighted by Gasteiger charge is -2.19. The van der Waals surface area contributed by atoms with E-state index in [-0.39, 0.29) is 30.5 Å². The second-order valence-corrected chi connectivity index (χ2v) is 6.41. The molecule has 0 spiro atoms. The van der Waals surface area contributed by atoms with Crippen LogP contribution in [0.5, 0.6) is 5.75 Å². The van der Waals surface area contributed by atoms with Gasteiger partial charge in [-0.2, -0.15) is 5.26 Å². The van der Waals surface area contributed by atoms with Crippen LogP contribution in [-0.2, 0) is 11.2 Å². The molecule has 24 heavy (non-hydrogen) atoms. The summed E-state index contributed by atoms with van der Waals surface area (Å²) in [6.45, 7) is 5.15. The van der Waals surface area contributed by atoms with Crippen LogP contribution in [0.4, 0.5) is 4.79 Å². The van der Waals surface area contributed by atoms with Gasteiger partial charge >= 0.3 is 6.09 Å². The second-order valence-electron chi connectivity index (χ2n) is 6.06. The highest BCUT2D eigenvalue weighted by molar-refractivity contribution is 6.31. The molecule has 0 fully saturated rings. The number of carbonyl (C=O) groups is 1. The second kappa shape index (κ2) is 7.07. The van der Waals surface area contributed by atoms with Gasteiger partial charge in [-0.25, -0.2) is 9.78 Å². The standard InChI is InChI=1S/C16H18ClN3O4/c1-16(2,3)24-15(22)20-9-10(4-5-18)13-11(20)8-12(14(17)19-13)23-7-6-21/h8-9,21H,4,6-7H2,1-3H3. The quantitative estimate of drug-likeness (QED) is 0.850. The van der Waals surface area contributed by atoms with Crippen molar-refractivity contribution in [1.82, 2.24) is 9.55 Å². The van der Waals surface area contributed by atoms with Gasteiger partial charge in [0.1, 0.15) is 12.2 Å². The van der Waals surface area contributed by atoms with Gasteiger partial charge in [0.25, 0.3) is 0 Å². The lowest BCUT2D eigenvalue weighted by Crippen LogP contribution is -2.26. The number of hydrogen-bond acceptors (Lipinski definition) is 6. The Kier molecular flexibility index (Phi) is 5.32. The van der Waals surface area contributed by atoms with E-state index in [0.29, 0.717) is 16.6 Å². The minimum absolute atomic E-state index is 0.0467. The predicted molar refractivity (Wildman–Crippen MR) is 88.3 cm³/mol. The maximum absolute atomic E-state index is 12.4. The molecule has 0 aromatic carbocycles. The van der Waals surface area contributed by atoms with Crippen molar-refractivity contribution < 1.29 is 19.4 Å². The Morgan fingerprint density at radius 3 is 2.79 bits per heavy atom. The summed E-state index contributed by atoms with van der Waals surface area (Å²) in [5.74, 6) is 0.240. The van der Waals surface area contributed by atoms with Gasteiger partial charge in [-0.05, 0) is 20.8 Å². The van der Waals surface area contributed by atoms with Crippen molar-refractivity contribution in [2.75, 3.05) is 13.2 Å². The number of ether oxygens (including phenoxy) is 2. The van der Waals surface area contributed by atoms with E-state index < -0.39 is 11.7 Å². The number of fused-ring (bicyclic) bond motifs is 1. The molecule has 0 aliphatic carbocycles. The van der Waals surface area contributed by atoms with E-state index in [1.165, 1.54) is 10.8 Å². The van der Waals surface area contributed by atoms with Gasteiger partial charge < -0.3 is 14.6 Å². The van der Waals surface area contributed by atoms with E-state index in [2.05, 4.69) is 4.98 Å². The van der Waals surface area contributed by atoms with Gasteiger partial charge in [-0.3, -0.25) is 4.57 Å². The summed E-state index contributed by atoms with van der Waals surface area (Å²) >= 11 is 6.08. The van der Waals surface area contributed by atoms with Crippen LogP contribution in [-0.4, -0.2) is 39.6 Å². The molecule has 0 saturated heterocycles. The van der Waals surface area contributed by atoms with Crippen LogP contribution in [0.1, 0.15) is 26.3 Å². The third-order valence-corrected chi connectivity index (χ3v) is 3.25. The van der Waals surface area contributed by atoms with Crippen molar-refractivity contribution in [2.45, 2.75) is 32.8 Å². The molecular weight excluding hydrogens is 334 g/mol. The summed E-state index contributed by atoms with van der Waals surface area (Å²) in [5.41, 5.74) is 0.753. The van der Waals surface area contributed by atoms with Crippen LogP contribution in [0.2, 0.25) is 5.15 Å². The number of nitrogens with zero attached hydrogens (tertiary/aromatic N) is 3. The van der Waals surface area contributed by atoms with Crippen LogP contribution < -0.4 is 4.74 Å². The van der Waals surface area contributed by atoms with Crippen molar-refractivity contribution >= 4 is 28.7 Å². The number of pyridine rings is 1. The Bertz CT molecular complexity index is 802. The average molecular weight is 352 g/mol. The molecule has 0 unspecified atom stereocenters. The lowest BCUT2D eigenvalue weighted by atomic mass is 10.2. The number of aromatic nitrogens is 2. The third kappa shape index (κ3) is 3.96. The normalized spacial score (nSPS) is 11.3. The summed E-state index contributed by atoms with van der Waals surface area (Å²) in [5, 5.41) is 17.9. The summed E-state index contributed by atoms with van der Waals surface area (Å²) in [7, 11) is 0. The van der Waals surface area contributed by atoms with Gasteiger partial charge in [0.2, 0.25) is 0 Å². The van der Waals surface area contributed by atoms with Crippen molar-refractivity contribution in [1.29, 1.82) is 5.26 Å². The maximum Gasteiger partial charge on any atom is 0.419 e. The Labute approximate surface area is 144 Å². The van der Waals surface area contributed by atoms with Crippen molar-refractivity contribution in [3.8, 4) is 11.8 Å². The van der Waals surface area contributed by atoms with Gasteiger partial charge in [-0.1, -0.05) is 11.6 Å². The Hall–Kier alpha value is -2.30. The Balaban J connectivity index is 2.57. The first-order valence-corrected chi connectivity index (χ1v) is 7.69. The van der Waals surface area contributed by atoms with Crippen LogP contribution >= 0.6 is 11.6 Å². The van der Waals surface area contributed by atoms with E-state index in [0.717, 1.165) is 0 Å². The van der Waals surface area contributed by atoms with Crippen molar-refractivity contribution in [3.05, 3.63) is 23.0 Å². The minimum Gasteiger partial charge on any atom is -0.488 e. The smallest absolute Gasteiger partial charge is 0.419 e. The summed E-state index contributed by atoms with van der Waals surface area (Å²) in [6.07, 6.45) is 1.00. The highest BCUT2D eigenvalue weighted by atomic mass is 35.5. The number of rotatable bonds is 4. The number of carbonyl (C=O) groups excluding carboxylic acids is 1. The molecule has 0 bridgehead atoms. The van der Waals surface area contributed by atoms with Gasteiger partial charge in [0.05, 0.1) is 30.1 Å². The zero-order chi connectivity index (χ0) is 17.9. The molecule has 2 heterocycles. The van der Waals surface area contributed by atoms with E-state index in [1.807, 2.05) is 6.07 Å². The van der Waals surface area contributed by atoms with E-state index in [9.17, 15) is 4.79 Å². The van der Waals surface area contributed by atoms with Gasteiger partial charge in [0, 0.05) is 17.8 Å². The fourth-order valence-electron chi connectivity index (χ4n) is 2.10. The molecule has 0 radical (unpaired) electrons. The topological polar surface area (TPSA) is 97.4 Å². The summed E-state index contributed by atoms with van der Waals surface area (Å²) in [4.78, 5) is 16.6. The first-order valence-electron chi connectivity index (χ1n) is 7.31. The zero-order valence-corrected chi connectivity index (χ0v) is 14.4. The number of aliphatic hydroxyl groups excluding tert-OH is 1. The zero-order valence-electron chi connectivity index (χ0n) is 13.7. The first-order chi connectivity index (χ1) is 11.3. The predicted octanol–water partition coefficient (Wildman–Crippen LogP) is 2.91. The van der Waals surface area contributed by atoms with Gasteiger partial charge in [0.15, 0.2) is 10.9 Å². The number of nitriles is 1. The average Bonchev–Trinajstić information content (AvgIpc) is 2.81. The third-order valence-electron chi connectivity index (χ3n) is 2.98. The summed E-state index contributed by atoms with van der Waals surface area (Å²) in [6, 6.07) is 3.58. The number of hydrogen-bond donors (Lipinski definition) is 1. The van der Waals surface area contributed by atoms with Crippen LogP contribution in [0.3, 0.4) is 0 Å². The summed E-state index contributed by atoms with van der Waals surface area (Å²) < 4.78 is 12.0. The van der Waals surface area contributed by atoms with Crippen LogP contribution in [0.15, 0.2) is 12.3 Å². The van der Waals surface area contributed by atoms with Crippen LogP contribution in [0, 0.1) is 11.3 Å². The molecule has 0 atom stereocenters. The molecule has 0 saturated carbocycles. The molecule has 0 aliphatic rings. The highest BCUT2D eigenvalue weighted by Crippen LogP contribution is 2.30. The first kappa shape index (κ1) is 18.0. The van der Waals surface area contributed by atoms with Gasteiger partial charge in [-0.15, -0.1) is 0 Å². The molecule has 2 rings (SSSR count). The Morgan fingerprint density at radius 1 is 1.50 bits per heavy atom. The highest BCUT2D eigenvalue weighted by Gasteiger charge is 2.22. The van der Waals surface area contributed by atoms with Crippen molar-refractivity contribution in [3.63, 3.8) is 0 Å². The molecule has 7 nitrogen and oxygen atoms in total.